The molecular weight excluding hydrogens is 260 g/mol. The summed E-state index contributed by atoms with van der Waals surface area (Å²) in [5, 5.41) is 0. The van der Waals surface area contributed by atoms with Crippen LogP contribution in [0.1, 0.15) is 18.9 Å². The molecule has 0 saturated carbocycles. The Morgan fingerprint density at radius 2 is 1.95 bits per heavy atom. The molecular formula is C19H18O2. The molecule has 1 aromatic carbocycles. The lowest BCUT2D eigenvalue weighted by Crippen LogP contribution is -1.90. The third kappa shape index (κ3) is 5.49. The fourth-order valence-electron chi connectivity index (χ4n) is 1.88. The Bertz CT molecular complexity index is 629. The lowest BCUT2D eigenvalue weighted by Gasteiger charge is -2.05. The van der Waals surface area contributed by atoms with Gasteiger partial charge >= 0.3 is 5.97 Å². The molecule has 0 aliphatic heterocycles. The van der Waals surface area contributed by atoms with E-state index in [1.165, 1.54) is 24.3 Å². The molecule has 0 N–H and O–H groups in total. The van der Waals surface area contributed by atoms with Crippen LogP contribution in [-0.2, 0) is 9.53 Å². The highest BCUT2D eigenvalue weighted by molar-refractivity contribution is 5.66. The second kappa shape index (κ2) is 7.85. The van der Waals surface area contributed by atoms with Crippen LogP contribution in [0, 0.1) is 0 Å². The molecule has 106 valence electrons. The van der Waals surface area contributed by atoms with E-state index in [4.69, 9.17) is 4.74 Å². The first kappa shape index (κ1) is 14.8. The molecule has 1 aliphatic rings. The van der Waals surface area contributed by atoms with Crippen LogP contribution >= 0.6 is 0 Å². The van der Waals surface area contributed by atoms with Crippen LogP contribution in [0.5, 0.6) is 0 Å². The zero-order valence-electron chi connectivity index (χ0n) is 12.0. The summed E-state index contributed by atoms with van der Waals surface area (Å²) in [4.78, 5) is 10.6. The van der Waals surface area contributed by atoms with Crippen molar-refractivity contribution < 1.29 is 9.53 Å². The molecule has 1 aliphatic carbocycles. The molecule has 2 rings (SSSR count). The maximum absolute atomic E-state index is 10.6. The van der Waals surface area contributed by atoms with Crippen molar-refractivity contribution in [3.63, 3.8) is 0 Å². The van der Waals surface area contributed by atoms with Crippen LogP contribution in [0.25, 0.3) is 6.08 Å². The fraction of sp³-hybridized carbons (Fsp3) is 0.105. The number of rotatable bonds is 4. The average Bonchev–Trinajstić information content (AvgIpc) is 2.50. The van der Waals surface area contributed by atoms with Crippen molar-refractivity contribution >= 4 is 12.0 Å². The molecule has 0 spiro atoms. The SMILES string of the molecule is CC(=O)OC=CC1=CCC(=CC=Cc2ccccc2)C=C1. The van der Waals surface area contributed by atoms with E-state index in [1.54, 1.807) is 6.08 Å². The van der Waals surface area contributed by atoms with Crippen molar-refractivity contribution in [3.8, 4) is 0 Å². The zero-order chi connectivity index (χ0) is 14.9. The first-order valence-corrected chi connectivity index (χ1v) is 6.88. The van der Waals surface area contributed by atoms with Crippen LogP contribution in [0.2, 0.25) is 0 Å². The largest absolute Gasteiger partial charge is 0.435 e. The summed E-state index contributed by atoms with van der Waals surface area (Å²) in [7, 11) is 0. The lowest BCUT2D eigenvalue weighted by molar-refractivity contribution is -0.135. The van der Waals surface area contributed by atoms with E-state index in [1.807, 2.05) is 24.3 Å². The van der Waals surface area contributed by atoms with E-state index in [0.717, 1.165) is 12.0 Å². The summed E-state index contributed by atoms with van der Waals surface area (Å²) >= 11 is 0. The van der Waals surface area contributed by atoms with E-state index in [-0.39, 0.29) is 5.97 Å². The van der Waals surface area contributed by atoms with E-state index in [2.05, 4.69) is 42.5 Å². The van der Waals surface area contributed by atoms with Gasteiger partial charge in [-0.3, -0.25) is 4.79 Å². The molecule has 0 amide bonds. The van der Waals surface area contributed by atoms with Crippen molar-refractivity contribution in [2.45, 2.75) is 13.3 Å². The Hall–Kier alpha value is -2.61. The van der Waals surface area contributed by atoms with Gasteiger partial charge < -0.3 is 4.74 Å². The summed E-state index contributed by atoms with van der Waals surface area (Å²) < 4.78 is 4.77. The minimum absolute atomic E-state index is 0.307. The lowest BCUT2D eigenvalue weighted by atomic mass is 10.0. The molecule has 0 heterocycles. The predicted octanol–water partition coefficient (Wildman–Crippen LogP) is 4.59. The van der Waals surface area contributed by atoms with Gasteiger partial charge in [0.25, 0.3) is 0 Å². The molecule has 0 aromatic heterocycles. The number of ether oxygens (including phenoxy) is 1. The van der Waals surface area contributed by atoms with Gasteiger partial charge in [0.05, 0.1) is 6.26 Å². The highest BCUT2D eigenvalue weighted by Crippen LogP contribution is 2.16. The van der Waals surface area contributed by atoms with E-state index in [0.29, 0.717) is 0 Å². The van der Waals surface area contributed by atoms with Gasteiger partial charge in [0.2, 0.25) is 0 Å². The topological polar surface area (TPSA) is 26.3 Å². The predicted molar refractivity (Wildman–Crippen MR) is 86.3 cm³/mol. The first-order chi connectivity index (χ1) is 10.2. The number of hydrogen-bond acceptors (Lipinski definition) is 2. The van der Waals surface area contributed by atoms with Crippen molar-refractivity contribution in [2.75, 3.05) is 0 Å². The number of benzene rings is 1. The molecule has 1 aromatic rings. The van der Waals surface area contributed by atoms with Gasteiger partial charge in [0.1, 0.15) is 0 Å². The summed E-state index contributed by atoms with van der Waals surface area (Å²) in [5.41, 5.74) is 3.47. The third-order valence-electron chi connectivity index (χ3n) is 2.96. The number of carbonyl (C=O) groups is 1. The van der Waals surface area contributed by atoms with Crippen LogP contribution < -0.4 is 0 Å². The number of carbonyl (C=O) groups excluding carboxylic acids is 1. The highest BCUT2D eigenvalue weighted by atomic mass is 16.5. The molecule has 0 atom stereocenters. The van der Waals surface area contributed by atoms with Gasteiger partial charge in [0, 0.05) is 6.92 Å². The fourth-order valence-corrected chi connectivity index (χ4v) is 1.88. The van der Waals surface area contributed by atoms with Gasteiger partial charge in [-0.25, -0.2) is 0 Å². The van der Waals surface area contributed by atoms with Crippen LogP contribution in [0.4, 0.5) is 0 Å². The van der Waals surface area contributed by atoms with Crippen LogP contribution in [0.3, 0.4) is 0 Å². The van der Waals surface area contributed by atoms with Crippen LogP contribution in [0.15, 0.2) is 84.2 Å². The van der Waals surface area contributed by atoms with E-state index in [9.17, 15) is 4.79 Å². The monoisotopic (exact) mass is 278 g/mol. The molecule has 21 heavy (non-hydrogen) atoms. The van der Waals surface area contributed by atoms with Crippen molar-refractivity contribution in [3.05, 3.63) is 89.8 Å². The summed E-state index contributed by atoms with van der Waals surface area (Å²) in [6, 6.07) is 10.2. The molecule has 0 bridgehead atoms. The standard InChI is InChI=1S/C19H18O2/c1-16(20)21-15-14-19-12-10-18(11-13-19)9-5-8-17-6-3-2-4-7-17/h2-10,12-15H,11H2,1H3. The molecule has 2 nitrogen and oxygen atoms in total. The summed E-state index contributed by atoms with van der Waals surface area (Å²) in [5.74, 6) is -0.307. The maximum atomic E-state index is 10.6. The van der Waals surface area contributed by atoms with Gasteiger partial charge in [0.15, 0.2) is 0 Å². The van der Waals surface area contributed by atoms with Gasteiger partial charge in [-0.15, -0.1) is 0 Å². The Labute approximate surface area is 125 Å². The molecule has 0 radical (unpaired) electrons. The summed E-state index contributed by atoms with van der Waals surface area (Å²) in [6.07, 6.45) is 16.5. The van der Waals surface area contributed by atoms with E-state index >= 15 is 0 Å². The maximum Gasteiger partial charge on any atom is 0.307 e. The normalized spacial score (nSPS) is 16.6. The molecule has 0 fully saturated rings. The van der Waals surface area contributed by atoms with E-state index < -0.39 is 0 Å². The molecule has 0 saturated heterocycles. The Kier molecular flexibility index (Phi) is 5.53. The quantitative estimate of drug-likeness (QED) is 0.595. The van der Waals surface area contributed by atoms with Crippen molar-refractivity contribution in [2.24, 2.45) is 0 Å². The second-order valence-electron chi connectivity index (χ2n) is 4.67. The average molecular weight is 278 g/mol. The Morgan fingerprint density at radius 3 is 2.62 bits per heavy atom. The third-order valence-corrected chi connectivity index (χ3v) is 2.96. The number of esters is 1. The second-order valence-corrected chi connectivity index (χ2v) is 4.67. The van der Waals surface area contributed by atoms with Gasteiger partial charge in [-0.2, -0.15) is 0 Å². The number of allylic oxidation sites excluding steroid dienone is 8. The molecule has 0 unspecified atom stereocenters. The smallest absolute Gasteiger partial charge is 0.307 e. The highest BCUT2D eigenvalue weighted by Gasteiger charge is 1.98. The zero-order valence-corrected chi connectivity index (χ0v) is 12.0. The summed E-state index contributed by atoms with van der Waals surface area (Å²) in [6.45, 7) is 1.38. The first-order valence-electron chi connectivity index (χ1n) is 6.88. The van der Waals surface area contributed by atoms with Gasteiger partial charge in [-0.05, 0) is 29.2 Å². The van der Waals surface area contributed by atoms with Crippen molar-refractivity contribution in [1.29, 1.82) is 0 Å². The van der Waals surface area contributed by atoms with Crippen molar-refractivity contribution in [1.82, 2.24) is 0 Å². The van der Waals surface area contributed by atoms with Gasteiger partial charge in [-0.1, -0.05) is 66.8 Å². The van der Waals surface area contributed by atoms with Crippen LogP contribution in [-0.4, -0.2) is 5.97 Å². The minimum atomic E-state index is -0.307. The number of hydrogen-bond donors (Lipinski definition) is 0. The minimum Gasteiger partial charge on any atom is -0.435 e. The Balaban J connectivity index is 1.89. The molecule has 2 heteroatoms. The Morgan fingerprint density at radius 1 is 1.14 bits per heavy atom.